The summed E-state index contributed by atoms with van der Waals surface area (Å²) in [6.45, 7) is 12.7. The Bertz CT molecular complexity index is 1230. The standard InChI is InChI=1S/C28H34N2O5/c1-26(2,3)23(31)30-22(18-12-8-9-13-18)34-24(32)28(30,7)16-19-17-29(25(33)35-27(4,5)6)21-15-11-10-14-20(19)21/h8-15,17-18,22H,16H2,1-7H3/t22-,28+/m0/s1. The van der Waals surface area contributed by atoms with Crippen molar-refractivity contribution in [2.24, 2.45) is 11.3 Å². The Hall–Kier alpha value is -3.35. The number of amides is 1. The van der Waals surface area contributed by atoms with Gasteiger partial charge < -0.3 is 9.47 Å². The Morgan fingerprint density at radius 2 is 1.69 bits per heavy atom. The Labute approximate surface area is 206 Å². The number of cyclic esters (lactones) is 1. The van der Waals surface area contributed by atoms with Gasteiger partial charge in [0.15, 0.2) is 6.23 Å². The van der Waals surface area contributed by atoms with E-state index in [-0.39, 0.29) is 18.2 Å². The van der Waals surface area contributed by atoms with E-state index in [9.17, 15) is 14.4 Å². The van der Waals surface area contributed by atoms with Crippen LogP contribution in [0.2, 0.25) is 0 Å². The largest absolute Gasteiger partial charge is 0.443 e. The molecule has 7 nitrogen and oxygen atoms in total. The number of esters is 1. The van der Waals surface area contributed by atoms with Crippen LogP contribution in [0.15, 0.2) is 54.8 Å². The maximum atomic E-state index is 13.7. The SMILES string of the molecule is CC(C)(C)OC(=O)n1cc(C[C@]2(C)C(=O)O[C@@H](C3C=CC=C3)N2C(=O)C(C)(C)C)c2ccccc21. The molecule has 1 aromatic heterocycles. The number of carbonyl (C=O) groups is 3. The van der Waals surface area contributed by atoms with Gasteiger partial charge in [-0.1, -0.05) is 63.3 Å². The van der Waals surface area contributed by atoms with Gasteiger partial charge in [0, 0.05) is 23.4 Å². The molecule has 35 heavy (non-hydrogen) atoms. The molecule has 7 heteroatoms. The molecule has 0 N–H and O–H groups in total. The minimum Gasteiger partial charge on any atom is -0.443 e. The summed E-state index contributed by atoms with van der Waals surface area (Å²) in [7, 11) is 0. The molecule has 0 spiro atoms. The molecule has 1 amide bonds. The predicted molar refractivity (Wildman–Crippen MR) is 134 cm³/mol. The lowest BCUT2D eigenvalue weighted by atomic mass is 9.86. The van der Waals surface area contributed by atoms with Crippen LogP contribution in [0.25, 0.3) is 10.9 Å². The smallest absolute Gasteiger partial charge is 0.419 e. The predicted octanol–water partition coefficient (Wildman–Crippen LogP) is 5.23. The zero-order valence-electron chi connectivity index (χ0n) is 21.5. The van der Waals surface area contributed by atoms with Crippen LogP contribution in [0.1, 0.15) is 54.0 Å². The van der Waals surface area contributed by atoms with E-state index in [0.29, 0.717) is 5.52 Å². The molecule has 2 aliphatic rings. The lowest BCUT2D eigenvalue weighted by Gasteiger charge is -2.38. The van der Waals surface area contributed by atoms with Crippen LogP contribution in [0.3, 0.4) is 0 Å². The zero-order chi connectivity index (χ0) is 25.8. The first kappa shape index (κ1) is 24.8. The molecule has 186 valence electrons. The highest BCUT2D eigenvalue weighted by atomic mass is 16.6. The van der Waals surface area contributed by atoms with Gasteiger partial charge in [-0.15, -0.1) is 0 Å². The Morgan fingerprint density at radius 1 is 1.06 bits per heavy atom. The summed E-state index contributed by atoms with van der Waals surface area (Å²) < 4.78 is 12.9. The van der Waals surface area contributed by atoms with Crippen LogP contribution in [0, 0.1) is 11.3 Å². The van der Waals surface area contributed by atoms with Crippen molar-refractivity contribution >= 4 is 28.9 Å². The van der Waals surface area contributed by atoms with E-state index in [0.717, 1.165) is 10.9 Å². The molecule has 1 aromatic carbocycles. The van der Waals surface area contributed by atoms with Gasteiger partial charge in [-0.2, -0.15) is 0 Å². The fraction of sp³-hybridized carbons (Fsp3) is 0.464. The molecule has 0 radical (unpaired) electrons. The molecule has 0 bridgehead atoms. The fourth-order valence-electron chi connectivity index (χ4n) is 4.64. The molecule has 4 rings (SSSR count). The van der Waals surface area contributed by atoms with Crippen LogP contribution in [-0.2, 0) is 25.5 Å². The van der Waals surface area contributed by atoms with Gasteiger partial charge in [-0.05, 0) is 39.3 Å². The summed E-state index contributed by atoms with van der Waals surface area (Å²) in [6.07, 6.45) is 8.32. The number of allylic oxidation sites excluding steroid dienone is 2. The number of rotatable bonds is 3. The van der Waals surface area contributed by atoms with E-state index in [4.69, 9.17) is 9.47 Å². The average Bonchev–Trinajstić information content (AvgIpc) is 3.44. The summed E-state index contributed by atoms with van der Waals surface area (Å²) in [5.41, 5.74) is -1.18. The number of para-hydroxylation sites is 1. The van der Waals surface area contributed by atoms with Crippen molar-refractivity contribution in [2.45, 2.75) is 72.3 Å². The normalized spacial score (nSPS) is 22.8. The van der Waals surface area contributed by atoms with Gasteiger partial charge >= 0.3 is 12.1 Å². The maximum absolute atomic E-state index is 13.7. The minimum absolute atomic E-state index is 0.166. The summed E-state index contributed by atoms with van der Waals surface area (Å²) in [5.74, 6) is -0.835. The molecule has 2 atom stereocenters. The monoisotopic (exact) mass is 478 g/mol. The molecule has 2 heterocycles. The van der Waals surface area contributed by atoms with Gasteiger partial charge in [0.1, 0.15) is 11.1 Å². The number of aromatic nitrogens is 1. The maximum Gasteiger partial charge on any atom is 0.419 e. The number of ether oxygens (including phenoxy) is 2. The van der Waals surface area contributed by atoms with Crippen molar-refractivity contribution < 1.29 is 23.9 Å². The molecular weight excluding hydrogens is 444 g/mol. The highest BCUT2D eigenvalue weighted by Crippen LogP contribution is 2.41. The van der Waals surface area contributed by atoms with Crippen LogP contribution >= 0.6 is 0 Å². The zero-order valence-corrected chi connectivity index (χ0v) is 21.5. The summed E-state index contributed by atoms with van der Waals surface area (Å²) >= 11 is 0. The number of nitrogens with zero attached hydrogens (tertiary/aromatic N) is 2. The fourth-order valence-corrected chi connectivity index (χ4v) is 4.64. The first-order valence-corrected chi connectivity index (χ1v) is 11.9. The highest BCUT2D eigenvalue weighted by Gasteiger charge is 2.57. The molecule has 1 aliphatic carbocycles. The third-order valence-electron chi connectivity index (χ3n) is 6.34. The van der Waals surface area contributed by atoms with E-state index < -0.39 is 34.8 Å². The van der Waals surface area contributed by atoms with Gasteiger partial charge in [0.05, 0.1) is 11.4 Å². The lowest BCUT2D eigenvalue weighted by Crippen LogP contribution is -2.57. The molecular formula is C28H34N2O5. The third kappa shape index (κ3) is 4.51. The second-order valence-electron chi connectivity index (χ2n) is 11.5. The van der Waals surface area contributed by atoms with E-state index in [1.54, 1.807) is 18.0 Å². The second-order valence-corrected chi connectivity index (χ2v) is 11.5. The van der Waals surface area contributed by atoms with E-state index >= 15 is 0 Å². The second kappa shape index (κ2) is 8.40. The number of hydrogen-bond acceptors (Lipinski definition) is 5. The molecule has 0 saturated carbocycles. The number of carbonyl (C=O) groups excluding carboxylic acids is 3. The summed E-state index contributed by atoms with van der Waals surface area (Å²) in [6, 6.07) is 7.48. The summed E-state index contributed by atoms with van der Waals surface area (Å²) in [4.78, 5) is 41.7. The Balaban J connectivity index is 1.79. The van der Waals surface area contributed by atoms with E-state index in [1.165, 1.54) is 4.57 Å². The number of fused-ring (bicyclic) bond motifs is 1. The Morgan fingerprint density at radius 3 is 2.29 bits per heavy atom. The minimum atomic E-state index is -1.25. The molecule has 1 aliphatic heterocycles. The first-order valence-electron chi connectivity index (χ1n) is 11.9. The van der Waals surface area contributed by atoms with Gasteiger partial charge in [-0.25, -0.2) is 9.59 Å². The number of hydrogen-bond donors (Lipinski definition) is 0. The van der Waals surface area contributed by atoms with Gasteiger partial charge in [0.25, 0.3) is 0 Å². The Kier molecular flexibility index (Phi) is 5.94. The quantitative estimate of drug-likeness (QED) is 0.565. The van der Waals surface area contributed by atoms with Crippen molar-refractivity contribution in [3.8, 4) is 0 Å². The van der Waals surface area contributed by atoms with Crippen molar-refractivity contribution in [3.63, 3.8) is 0 Å². The van der Waals surface area contributed by atoms with Crippen molar-refractivity contribution in [1.29, 1.82) is 0 Å². The highest BCUT2D eigenvalue weighted by molar-refractivity contribution is 5.95. The average molecular weight is 479 g/mol. The molecule has 0 unspecified atom stereocenters. The van der Waals surface area contributed by atoms with Crippen molar-refractivity contribution in [3.05, 3.63) is 60.3 Å². The first-order chi connectivity index (χ1) is 16.2. The van der Waals surface area contributed by atoms with Crippen LogP contribution in [0.4, 0.5) is 4.79 Å². The van der Waals surface area contributed by atoms with Crippen molar-refractivity contribution in [1.82, 2.24) is 9.47 Å². The van der Waals surface area contributed by atoms with Crippen LogP contribution < -0.4 is 0 Å². The van der Waals surface area contributed by atoms with Crippen LogP contribution in [-0.4, -0.2) is 44.8 Å². The number of benzene rings is 1. The molecule has 1 saturated heterocycles. The third-order valence-corrected chi connectivity index (χ3v) is 6.34. The van der Waals surface area contributed by atoms with Crippen LogP contribution in [0.5, 0.6) is 0 Å². The van der Waals surface area contributed by atoms with Crippen molar-refractivity contribution in [2.75, 3.05) is 0 Å². The molecule has 2 aromatic rings. The lowest BCUT2D eigenvalue weighted by molar-refractivity contribution is -0.150. The van der Waals surface area contributed by atoms with Gasteiger partial charge in [0.2, 0.25) is 5.91 Å². The van der Waals surface area contributed by atoms with Gasteiger partial charge in [-0.3, -0.25) is 14.3 Å². The topological polar surface area (TPSA) is 77.8 Å². The van der Waals surface area contributed by atoms with E-state index in [1.807, 2.05) is 90.1 Å². The molecule has 1 fully saturated rings. The summed E-state index contributed by atoms with van der Waals surface area (Å²) in [5, 5.41) is 0.819. The van der Waals surface area contributed by atoms with E-state index in [2.05, 4.69) is 0 Å².